The van der Waals surface area contributed by atoms with E-state index >= 15 is 0 Å². The molecule has 2 aromatic carbocycles. The van der Waals surface area contributed by atoms with Crippen LogP contribution in [0.4, 0.5) is 0 Å². The molecule has 0 bridgehead atoms. The van der Waals surface area contributed by atoms with Crippen molar-refractivity contribution < 1.29 is 9.15 Å². The average Bonchev–Trinajstić information content (AvgIpc) is 3.13. The molecule has 4 nitrogen and oxygen atoms in total. The Bertz CT molecular complexity index is 1100. The Morgan fingerprint density at radius 1 is 1.04 bits per heavy atom. The summed E-state index contributed by atoms with van der Waals surface area (Å²) in [6.45, 7) is 2.58. The Morgan fingerprint density at radius 3 is 2.56 bits per heavy atom. The Morgan fingerprint density at radius 2 is 1.81 bits per heavy atom. The van der Waals surface area contributed by atoms with Crippen LogP contribution in [0.1, 0.15) is 18.4 Å². The normalized spacial score (nSPS) is 11.0. The number of hydrogen-bond donors (Lipinski definition) is 0. The molecule has 0 fully saturated rings. The van der Waals surface area contributed by atoms with Crippen molar-refractivity contribution in [2.45, 2.75) is 19.8 Å². The minimum Gasteiger partial charge on any atom is -0.494 e. The lowest BCUT2D eigenvalue weighted by Gasteiger charge is -2.04. The molecule has 0 radical (unpaired) electrons. The molecule has 0 aliphatic heterocycles. The lowest BCUT2D eigenvalue weighted by atomic mass is 10.1. The van der Waals surface area contributed by atoms with Gasteiger partial charge in [-0.15, -0.1) is 11.3 Å². The third kappa shape index (κ3) is 3.78. The van der Waals surface area contributed by atoms with Crippen LogP contribution in [0.3, 0.4) is 0 Å². The van der Waals surface area contributed by atoms with Crippen molar-refractivity contribution in [3.63, 3.8) is 0 Å². The molecule has 0 unspecified atom stereocenters. The predicted octanol–water partition coefficient (Wildman–Crippen LogP) is 5.10. The van der Waals surface area contributed by atoms with Crippen LogP contribution in [0, 0.1) is 0 Å². The summed E-state index contributed by atoms with van der Waals surface area (Å²) in [6.07, 6.45) is 1.39. The number of aromatic nitrogens is 1. The Kier molecular flexibility index (Phi) is 5.03. The van der Waals surface area contributed by atoms with Crippen LogP contribution in [-0.4, -0.2) is 11.6 Å². The van der Waals surface area contributed by atoms with E-state index in [2.05, 4.69) is 17.1 Å². The summed E-state index contributed by atoms with van der Waals surface area (Å²) in [5.74, 6) is 1.30. The second kappa shape index (κ2) is 7.76. The van der Waals surface area contributed by atoms with Crippen LogP contribution < -0.4 is 10.4 Å². The first kappa shape index (κ1) is 17.5. The standard InChI is InChI=1S/C22H19NO3S/c1-2-25-17-11-9-16(10-12-17)18-14-27-21-20(18)22(24)26-19(23-21)13-8-15-6-4-3-5-7-15/h3-7,9-12,14H,2,8,13H2,1H3. The molecule has 27 heavy (non-hydrogen) atoms. The maximum absolute atomic E-state index is 12.6. The molecule has 4 aromatic rings. The number of thiophene rings is 1. The second-order valence-corrected chi connectivity index (χ2v) is 7.03. The van der Waals surface area contributed by atoms with E-state index in [0.29, 0.717) is 24.3 Å². The summed E-state index contributed by atoms with van der Waals surface area (Å²) in [5.41, 5.74) is 2.68. The Balaban J connectivity index is 1.62. The summed E-state index contributed by atoms with van der Waals surface area (Å²) < 4.78 is 11.0. The fraction of sp³-hybridized carbons (Fsp3) is 0.182. The van der Waals surface area contributed by atoms with E-state index in [1.807, 2.05) is 54.8 Å². The summed E-state index contributed by atoms with van der Waals surface area (Å²) in [5, 5.41) is 2.51. The highest BCUT2D eigenvalue weighted by molar-refractivity contribution is 7.17. The molecule has 0 atom stereocenters. The fourth-order valence-corrected chi connectivity index (χ4v) is 3.98. The van der Waals surface area contributed by atoms with Gasteiger partial charge < -0.3 is 9.15 Å². The summed E-state index contributed by atoms with van der Waals surface area (Å²) in [7, 11) is 0. The number of fused-ring (bicyclic) bond motifs is 1. The van der Waals surface area contributed by atoms with Crippen LogP contribution in [-0.2, 0) is 12.8 Å². The average molecular weight is 377 g/mol. The molecule has 4 rings (SSSR count). The van der Waals surface area contributed by atoms with E-state index in [4.69, 9.17) is 9.15 Å². The van der Waals surface area contributed by atoms with E-state index in [1.165, 1.54) is 16.9 Å². The lowest BCUT2D eigenvalue weighted by Crippen LogP contribution is -2.05. The minimum absolute atomic E-state index is 0.326. The van der Waals surface area contributed by atoms with Crippen LogP contribution in [0.2, 0.25) is 0 Å². The van der Waals surface area contributed by atoms with E-state index < -0.39 is 0 Å². The van der Waals surface area contributed by atoms with Gasteiger partial charge in [0.05, 0.1) is 6.61 Å². The predicted molar refractivity (Wildman–Crippen MR) is 109 cm³/mol. The van der Waals surface area contributed by atoms with Crippen molar-refractivity contribution in [3.8, 4) is 16.9 Å². The summed E-state index contributed by atoms with van der Waals surface area (Å²) in [6, 6.07) is 17.8. The quantitative estimate of drug-likeness (QED) is 0.469. The molecular formula is C22H19NO3S. The van der Waals surface area contributed by atoms with Crippen molar-refractivity contribution in [3.05, 3.63) is 81.9 Å². The number of benzene rings is 2. The lowest BCUT2D eigenvalue weighted by molar-refractivity contribution is 0.340. The molecule has 0 spiro atoms. The van der Waals surface area contributed by atoms with Crippen LogP contribution >= 0.6 is 11.3 Å². The molecule has 0 saturated carbocycles. The van der Waals surface area contributed by atoms with Crippen LogP contribution in [0.25, 0.3) is 21.3 Å². The van der Waals surface area contributed by atoms with Gasteiger partial charge in [-0.25, -0.2) is 9.78 Å². The molecule has 136 valence electrons. The van der Waals surface area contributed by atoms with Gasteiger partial charge in [0.1, 0.15) is 16.0 Å². The van der Waals surface area contributed by atoms with Gasteiger partial charge in [0.25, 0.3) is 0 Å². The van der Waals surface area contributed by atoms with Gasteiger partial charge in [0.15, 0.2) is 5.89 Å². The zero-order valence-corrected chi connectivity index (χ0v) is 15.8. The number of ether oxygens (including phenoxy) is 1. The number of nitrogens with zero attached hydrogens (tertiary/aromatic N) is 1. The molecule has 0 amide bonds. The first-order valence-corrected chi connectivity index (χ1v) is 9.81. The van der Waals surface area contributed by atoms with Crippen molar-refractivity contribution >= 4 is 21.6 Å². The second-order valence-electron chi connectivity index (χ2n) is 6.17. The van der Waals surface area contributed by atoms with Crippen LogP contribution in [0.5, 0.6) is 5.75 Å². The van der Waals surface area contributed by atoms with Crippen molar-refractivity contribution in [1.82, 2.24) is 4.98 Å². The Labute approximate surface area is 161 Å². The highest BCUT2D eigenvalue weighted by Crippen LogP contribution is 2.32. The van der Waals surface area contributed by atoms with Crippen molar-refractivity contribution in [2.24, 2.45) is 0 Å². The van der Waals surface area contributed by atoms with E-state index in [-0.39, 0.29) is 5.63 Å². The van der Waals surface area contributed by atoms with Gasteiger partial charge in [-0.3, -0.25) is 0 Å². The molecule has 0 saturated heterocycles. The molecule has 5 heteroatoms. The van der Waals surface area contributed by atoms with Crippen molar-refractivity contribution in [2.75, 3.05) is 6.61 Å². The Hall–Kier alpha value is -2.92. The summed E-state index contributed by atoms with van der Waals surface area (Å²) >= 11 is 1.47. The SMILES string of the molecule is CCOc1ccc(-c2csc3nc(CCc4ccccc4)oc(=O)c23)cc1. The molecule has 0 aliphatic rings. The third-order valence-corrected chi connectivity index (χ3v) is 5.23. The number of hydrogen-bond acceptors (Lipinski definition) is 5. The number of rotatable bonds is 6. The fourth-order valence-electron chi connectivity index (χ4n) is 3.03. The third-order valence-electron chi connectivity index (χ3n) is 4.36. The minimum atomic E-state index is -0.326. The van der Waals surface area contributed by atoms with Gasteiger partial charge in [0.2, 0.25) is 0 Å². The van der Waals surface area contributed by atoms with Gasteiger partial charge in [-0.1, -0.05) is 42.5 Å². The largest absolute Gasteiger partial charge is 0.494 e. The smallest absolute Gasteiger partial charge is 0.348 e. The molecule has 2 heterocycles. The van der Waals surface area contributed by atoms with Gasteiger partial charge in [-0.2, -0.15) is 0 Å². The maximum Gasteiger partial charge on any atom is 0.348 e. The molecule has 2 aromatic heterocycles. The number of aryl methyl sites for hydroxylation is 2. The van der Waals surface area contributed by atoms with E-state index in [1.54, 1.807) is 0 Å². The zero-order chi connectivity index (χ0) is 18.6. The highest BCUT2D eigenvalue weighted by Gasteiger charge is 2.14. The molecule has 0 N–H and O–H groups in total. The van der Waals surface area contributed by atoms with Gasteiger partial charge in [0, 0.05) is 17.4 Å². The van der Waals surface area contributed by atoms with E-state index in [0.717, 1.165) is 28.1 Å². The van der Waals surface area contributed by atoms with Crippen LogP contribution in [0.15, 0.2) is 69.2 Å². The first-order valence-electron chi connectivity index (χ1n) is 8.93. The van der Waals surface area contributed by atoms with E-state index in [9.17, 15) is 4.79 Å². The molecular weight excluding hydrogens is 358 g/mol. The van der Waals surface area contributed by atoms with Gasteiger partial charge >= 0.3 is 5.63 Å². The first-order chi connectivity index (χ1) is 13.2. The topological polar surface area (TPSA) is 52.3 Å². The maximum atomic E-state index is 12.6. The van der Waals surface area contributed by atoms with Crippen molar-refractivity contribution in [1.29, 1.82) is 0 Å². The summed E-state index contributed by atoms with van der Waals surface area (Å²) in [4.78, 5) is 17.9. The highest BCUT2D eigenvalue weighted by atomic mass is 32.1. The zero-order valence-electron chi connectivity index (χ0n) is 15.0. The van der Waals surface area contributed by atoms with Gasteiger partial charge in [-0.05, 0) is 36.6 Å². The molecule has 0 aliphatic carbocycles. The monoisotopic (exact) mass is 377 g/mol.